The predicted molar refractivity (Wildman–Crippen MR) is 96.5 cm³/mol. The molecule has 0 bridgehead atoms. The quantitative estimate of drug-likeness (QED) is 0.732. The predicted octanol–water partition coefficient (Wildman–Crippen LogP) is 3.87. The maximum Gasteiger partial charge on any atom is 0.246 e. The van der Waals surface area contributed by atoms with Crippen LogP contribution in [-0.2, 0) is 4.79 Å². The third-order valence-corrected chi connectivity index (χ3v) is 4.06. The van der Waals surface area contributed by atoms with E-state index in [-0.39, 0.29) is 11.9 Å². The second-order valence-corrected chi connectivity index (χ2v) is 6.01. The molecule has 1 unspecified atom stereocenters. The van der Waals surface area contributed by atoms with Crippen LogP contribution in [0.3, 0.4) is 0 Å². The van der Waals surface area contributed by atoms with E-state index in [0.717, 1.165) is 22.4 Å². The molecule has 0 aliphatic carbocycles. The molecule has 1 aromatic heterocycles. The highest BCUT2D eigenvalue weighted by atomic mass is 16.2. The van der Waals surface area contributed by atoms with Crippen LogP contribution in [0.2, 0.25) is 0 Å². The molecule has 0 aliphatic rings. The number of hydrogen-bond acceptors (Lipinski definition) is 2. The summed E-state index contributed by atoms with van der Waals surface area (Å²) >= 11 is 0. The largest absolute Gasteiger partial charge is 0.347 e. The summed E-state index contributed by atoms with van der Waals surface area (Å²) in [7, 11) is 3.52. The molecule has 0 saturated heterocycles. The Morgan fingerprint density at radius 3 is 2.04 bits per heavy atom. The molecule has 0 fully saturated rings. The molecule has 24 heavy (non-hydrogen) atoms. The lowest BCUT2D eigenvalue weighted by atomic mass is 10.0. The van der Waals surface area contributed by atoms with E-state index in [1.54, 1.807) is 23.7 Å². The van der Waals surface area contributed by atoms with Crippen LogP contribution in [0.15, 0.2) is 66.9 Å². The maximum atomic E-state index is 12.3. The van der Waals surface area contributed by atoms with Crippen molar-refractivity contribution in [2.75, 3.05) is 14.1 Å². The third-order valence-electron chi connectivity index (χ3n) is 4.06. The number of carbonyl (C=O) groups excluding carboxylic acids is 1. The van der Waals surface area contributed by atoms with Crippen LogP contribution in [0.5, 0.6) is 0 Å². The smallest absolute Gasteiger partial charge is 0.246 e. The first-order valence-electron chi connectivity index (χ1n) is 7.99. The summed E-state index contributed by atoms with van der Waals surface area (Å²) in [4.78, 5) is 13.9. The second-order valence-electron chi connectivity index (χ2n) is 6.01. The number of carbonyl (C=O) groups is 1. The highest BCUT2D eigenvalue weighted by Crippen LogP contribution is 2.31. The maximum absolute atomic E-state index is 12.3. The fraction of sp³-hybridized carbons (Fsp3) is 0.200. The Balaban J connectivity index is 2.12. The van der Waals surface area contributed by atoms with Crippen molar-refractivity contribution in [3.63, 3.8) is 0 Å². The normalized spacial score (nSPS) is 12.0. The highest BCUT2D eigenvalue weighted by Gasteiger charge is 2.21. The number of likely N-dealkylation sites (N-methyl/N-ethyl adjacent to an activating group) is 1. The van der Waals surface area contributed by atoms with Gasteiger partial charge in [0.1, 0.15) is 11.7 Å². The standard InChI is InChI=1S/C20H21N3O/c1-15(20(24)22(2)3)23-14-18(16-10-6-4-7-11-16)19(21-23)17-12-8-5-9-13-17/h4-15H,1-3H3. The van der Waals surface area contributed by atoms with Crippen molar-refractivity contribution in [1.82, 2.24) is 14.7 Å². The molecule has 3 aromatic rings. The number of benzene rings is 2. The number of amides is 1. The van der Waals surface area contributed by atoms with Crippen molar-refractivity contribution < 1.29 is 4.79 Å². The third kappa shape index (κ3) is 3.08. The molecule has 1 atom stereocenters. The van der Waals surface area contributed by atoms with Crippen molar-refractivity contribution in [2.24, 2.45) is 0 Å². The van der Waals surface area contributed by atoms with Gasteiger partial charge in [-0.15, -0.1) is 0 Å². The molecule has 4 heteroatoms. The molecule has 0 spiro atoms. The van der Waals surface area contributed by atoms with Gasteiger partial charge in [-0.25, -0.2) is 0 Å². The summed E-state index contributed by atoms with van der Waals surface area (Å²) in [6.07, 6.45) is 1.96. The van der Waals surface area contributed by atoms with Crippen LogP contribution >= 0.6 is 0 Å². The zero-order chi connectivity index (χ0) is 17.1. The molecule has 1 amide bonds. The average molecular weight is 319 g/mol. The summed E-state index contributed by atoms with van der Waals surface area (Å²) in [6, 6.07) is 19.9. The van der Waals surface area contributed by atoms with Gasteiger partial charge in [-0.1, -0.05) is 60.7 Å². The van der Waals surface area contributed by atoms with Gasteiger partial charge in [-0.3, -0.25) is 9.48 Å². The van der Waals surface area contributed by atoms with Crippen LogP contribution in [0, 0.1) is 0 Å². The number of hydrogen-bond donors (Lipinski definition) is 0. The van der Waals surface area contributed by atoms with Crippen LogP contribution in [0.4, 0.5) is 0 Å². The minimum atomic E-state index is -0.347. The highest BCUT2D eigenvalue weighted by molar-refractivity contribution is 5.82. The van der Waals surface area contributed by atoms with E-state index in [0.29, 0.717) is 0 Å². The molecular formula is C20H21N3O. The van der Waals surface area contributed by atoms with Gasteiger partial charge in [-0.2, -0.15) is 5.10 Å². The first-order chi connectivity index (χ1) is 11.6. The van der Waals surface area contributed by atoms with Gasteiger partial charge in [0.2, 0.25) is 5.91 Å². The summed E-state index contributed by atoms with van der Waals surface area (Å²) in [5, 5.41) is 4.73. The molecular weight excluding hydrogens is 298 g/mol. The van der Waals surface area contributed by atoms with Gasteiger partial charge in [0, 0.05) is 31.4 Å². The van der Waals surface area contributed by atoms with Crippen LogP contribution < -0.4 is 0 Å². The van der Waals surface area contributed by atoms with E-state index in [2.05, 4.69) is 12.1 Å². The molecule has 0 N–H and O–H groups in total. The van der Waals surface area contributed by atoms with Gasteiger partial charge in [0.15, 0.2) is 0 Å². The van der Waals surface area contributed by atoms with Gasteiger partial charge in [-0.05, 0) is 12.5 Å². The molecule has 0 aliphatic heterocycles. The van der Waals surface area contributed by atoms with E-state index in [4.69, 9.17) is 5.10 Å². The van der Waals surface area contributed by atoms with E-state index >= 15 is 0 Å². The summed E-state index contributed by atoms with van der Waals surface area (Å²) in [6.45, 7) is 1.87. The van der Waals surface area contributed by atoms with Crippen LogP contribution in [0.1, 0.15) is 13.0 Å². The fourth-order valence-electron chi connectivity index (χ4n) is 2.72. The Morgan fingerprint density at radius 2 is 1.50 bits per heavy atom. The molecule has 2 aromatic carbocycles. The van der Waals surface area contributed by atoms with Crippen molar-refractivity contribution in [3.05, 3.63) is 66.9 Å². The SMILES string of the molecule is CC(C(=O)N(C)C)n1cc(-c2ccccc2)c(-c2ccccc2)n1. The van der Waals surface area contributed by atoms with Crippen LogP contribution in [0.25, 0.3) is 22.4 Å². The Hall–Kier alpha value is -2.88. The van der Waals surface area contributed by atoms with Crippen molar-refractivity contribution in [3.8, 4) is 22.4 Å². The number of aromatic nitrogens is 2. The molecule has 3 rings (SSSR count). The molecule has 0 radical (unpaired) electrons. The first-order valence-corrected chi connectivity index (χ1v) is 7.99. The Morgan fingerprint density at radius 1 is 0.958 bits per heavy atom. The van der Waals surface area contributed by atoms with Gasteiger partial charge in [0.25, 0.3) is 0 Å². The van der Waals surface area contributed by atoms with Gasteiger partial charge >= 0.3 is 0 Å². The second kappa shape index (κ2) is 6.71. The Bertz CT molecular complexity index is 766. The summed E-state index contributed by atoms with van der Waals surface area (Å²) in [5.74, 6) is 0.0247. The number of nitrogens with zero attached hydrogens (tertiary/aromatic N) is 3. The van der Waals surface area contributed by atoms with E-state index < -0.39 is 0 Å². The van der Waals surface area contributed by atoms with Gasteiger partial charge in [0.05, 0.1) is 0 Å². The topological polar surface area (TPSA) is 38.1 Å². The van der Waals surface area contributed by atoms with Crippen molar-refractivity contribution in [1.29, 1.82) is 0 Å². The average Bonchev–Trinajstić information content (AvgIpc) is 3.07. The summed E-state index contributed by atoms with van der Waals surface area (Å²) < 4.78 is 1.76. The minimum absolute atomic E-state index is 0.0247. The zero-order valence-electron chi connectivity index (χ0n) is 14.2. The zero-order valence-corrected chi connectivity index (χ0v) is 14.2. The van der Waals surface area contributed by atoms with Gasteiger partial charge < -0.3 is 4.90 Å². The molecule has 4 nitrogen and oxygen atoms in total. The monoisotopic (exact) mass is 319 g/mol. The Labute approximate surface area is 142 Å². The van der Waals surface area contributed by atoms with Crippen LogP contribution in [-0.4, -0.2) is 34.7 Å². The first kappa shape index (κ1) is 16.0. The molecule has 0 saturated carbocycles. The minimum Gasteiger partial charge on any atom is -0.347 e. The lowest BCUT2D eigenvalue weighted by Gasteiger charge is -2.16. The Kier molecular flexibility index (Phi) is 4.47. The fourth-order valence-corrected chi connectivity index (χ4v) is 2.72. The molecule has 122 valence electrons. The van der Waals surface area contributed by atoms with E-state index in [9.17, 15) is 4.79 Å². The lowest BCUT2D eigenvalue weighted by Crippen LogP contribution is -2.30. The molecule has 1 heterocycles. The van der Waals surface area contributed by atoms with Crippen molar-refractivity contribution in [2.45, 2.75) is 13.0 Å². The lowest BCUT2D eigenvalue weighted by molar-refractivity contribution is -0.131. The summed E-state index contributed by atoms with van der Waals surface area (Å²) in [5.41, 5.74) is 4.05. The van der Waals surface area contributed by atoms with E-state index in [1.165, 1.54) is 0 Å². The van der Waals surface area contributed by atoms with Crippen molar-refractivity contribution >= 4 is 5.91 Å². The number of rotatable bonds is 4. The van der Waals surface area contributed by atoms with E-state index in [1.807, 2.05) is 61.7 Å².